The smallest absolute Gasteiger partial charge is 0.326 e. The number of hydrogen-bond acceptors (Lipinski definition) is 2. The summed E-state index contributed by atoms with van der Waals surface area (Å²) in [7, 11) is 0. The van der Waals surface area contributed by atoms with Crippen molar-refractivity contribution in [2.75, 3.05) is 10.6 Å². The Labute approximate surface area is 142 Å². The quantitative estimate of drug-likeness (QED) is 0.783. The average Bonchev–Trinajstić information content (AvgIpc) is 2.55. The molecule has 3 N–H and O–H groups in total. The van der Waals surface area contributed by atoms with Gasteiger partial charge in [-0.15, -0.1) is 0 Å². The number of urea groups is 1. The second-order valence-electron chi connectivity index (χ2n) is 5.25. The van der Waals surface area contributed by atoms with Crippen molar-refractivity contribution in [1.82, 2.24) is 5.32 Å². The summed E-state index contributed by atoms with van der Waals surface area (Å²) in [6.45, 7) is 1.46. The summed E-state index contributed by atoms with van der Waals surface area (Å²) >= 11 is 0. The average molecular weight is 351 g/mol. The van der Waals surface area contributed by atoms with Gasteiger partial charge in [0.15, 0.2) is 0 Å². The van der Waals surface area contributed by atoms with Gasteiger partial charge < -0.3 is 16.0 Å². The van der Waals surface area contributed by atoms with Gasteiger partial charge in [0.2, 0.25) is 5.91 Å². The van der Waals surface area contributed by atoms with Crippen LogP contribution in [-0.2, 0) is 11.0 Å². The molecule has 0 unspecified atom stereocenters. The normalized spacial score (nSPS) is 12.2. The predicted molar refractivity (Wildman–Crippen MR) is 88.1 cm³/mol. The first kappa shape index (κ1) is 18.3. The van der Waals surface area contributed by atoms with Crippen LogP contribution in [0.2, 0.25) is 0 Å². The Morgan fingerprint density at radius 3 is 2.00 bits per heavy atom. The topological polar surface area (TPSA) is 70.2 Å². The summed E-state index contributed by atoms with van der Waals surface area (Å²) in [4.78, 5) is 23.8. The maximum absolute atomic E-state index is 12.5. The lowest BCUT2D eigenvalue weighted by atomic mass is 10.2. The van der Waals surface area contributed by atoms with Crippen LogP contribution < -0.4 is 16.0 Å². The fourth-order valence-corrected chi connectivity index (χ4v) is 1.94. The molecule has 0 saturated heterocycles. The molecule has 132 valence electrons. The van der Waals surface area contributed by atoms with Gasteiger partial charge in [0, 0.05) is 11.4 Å². The first-order chi connectivity index (χ1) is 11.8. The third-order valence-corrected chi connectivity index (χ3v) is 3.25. The molecule has 0 aromatic heterocycles. The van der Waals surface area contributed by atoms with Gasteiger partial charge in [-0.25, -0.2) is 4.79 Å². The van der Waals surface area contributed by atoms with E-state index in [4.69, 9.17) is 0 Å². The second kappa shape index (κ2) is 7.69. The number of carbonyl (C=O) groups is 2. The Morgan fingerprint density at radius 1 is 0.880 bits per heavy atom. The molecule has 0 heterocycles. The van der Waals surface area contributed by atoms with Crippen molar-refractivity contribution in [3.8, 4) is 0 Å². The van der Waals surface area contributed by atoms with Crippen LogP contribution in [0.15, 0.2) is 54.6 Å². The molecule has 2 aromatic rings. The monoisotopic (exact) mass is 351 g/mol. The van der Waals surface area contributed by atoms with E-state index in [0.717, 1.165) is 24.3 Å². The number of carbonyl (C=O) groups excluding carboxylic acids is 2. The van der Waals surface area contributed by atoms with Crippen molar-refractivity contribution < 1.29 is 22.8 Å². The van der Waals surface area contributed by atoms with E-state index in [0.29, 0.717) is 5.69 Å². The van der Waals surface area contributed by atoms with E-state index in [1.165, 1.54) is 6.92 Å². The predicted octanol–water partition coefficient (Wildman–Crippen LogP) is 3.85. The fraction of sp³-hybridized carbons (Fsp3) is 0.176. The third kappa shape index (κ3) is 5.52. The lowest BCUT2D eigenvalue weighted by Crippen LogP contribution is -2.43. The summed E-state index contributed by atoms with van der Waals surface area (Å²) in [6.07, 6.45) is -4.44. The van der Waals surface area contributed by atoms with Gasteiger partial charge in [-0.1, -0.05) is 18.2 Å². The molecule has 0 radical (unpaired) electrons. The summed E-state index contributed by atoms with van der Waals surface area (Å²) < 4.78 is 37.5. The number of amides is 3. The SMILES string of the molecule is C[C@@H](NC(=O)Nc1ccccc1)C(=O)Nc1ccc(C(F)(F)F)cc1. The number of halogens is 3. The maximum Gasteiger partial charge on any atom is 0.416 e. The van der Waals surface area contributed by atoms with E-state index in [9.17, 15) is 22.8 Å². The molecular weight excluding hydrogens is 335 g/mol. The van der Waals surface area contributed by atoms with Crippen molar-refractivity contribution in [2.45, 2.75) is 19.1 Å². The summed E-state index contributed by atoms with van der Waals surface area (Å²) in [5, 5.41) is 7.44. The second-order valence-corrected chi connectivity index (χ2v) is 5.25. The molecule has 8 heteroatoms. The Hall–Kier alpha value is -3.03. The number of rotatable bonds is 4. The van der Waals surface area contributed by atoms with Gasteiger partial charge >= 0.3 is 12.2 Å². The van der Waals surface area contributed by atoms with Gasteiger partial charge in [0.25, 0.3) is 0 Å². The van der Waals surface area contributed by atoms with E-state index in [1.54, 1.807) is 30.3 Å². The fourth-order valence-electron chi connectivity index (χ4n) is 1.94. The highest BCUT2D eigenvalue weighted by Gasteiger charge is 2.30. The maximum atomic E-state index is 12.5. The zero-order valence-electron chi connectivity index (χ0n) is 13.2. The lowest BCUT2D eigenvalue weighted by molar-refractivity contribution is -0.137. The minimum atomic E-state index is -4.44. The van der Waals surface area contributed by atoms with Crippen LogP contribution in [-0.4, -0.2) is 18.0 Å². The Morgan fingerprint density at radius 2 is 1.44 bits per heavy atom. The molecule has 2 aromatic carbocycles. The van der Waals surface area contributed by atoms with Crippen molar-refractivity contribution in [2.24, 2.45) is 0 Å². The van der Waals surface area contributed by atoms with Gasteiger partial charge in [-0.05, 0) is 43.3 Å². The molecule has 0 saturated carbocycles. The number of alkyl halides is 3. The minimum absolute atomic E-state index is 0.204. The third-order valence-electron chi connectivity index (χ3n) is 3.25. The highest BCUT2D eigenvalue weighted by atomic mass is 19.4. The highest BCUT2D eigenvalue weighted by Crippen LogP contribution is 2.29. The largest absolute Gasteiger partial charge is 0.416 e. The number of hydrogen-bond donors (Lipinski definition) is 3. The molecule has 25 heavy (non-hydrogen) atoms. The van der Waals surface area contributed by atoms with Crippen molar-refractivity contribution in [3.05, 3.63) is 60.2 Å². The van der Waals surface area contributed by atoms with Gasteiger partial charge in [0.05, 0.1) is 5.56 Å². The molecular formula is C17H16F3N3O2. The molecule has 0 bridgehead atoms. The van der Waals surface area contributed by atoms with Crippen LogP contribution >= 0.6 is 0 Å². The standard InChI is InChI=1S/C17H16F3N3O2/c1-11(21-16(25)23-13-5-3-2-4-6-13)15(24)22-14-9-7-12(8-10-14)17(18,19)20/h2-11H,1H3,(H,22,24)(H2,21,23,25)/t11-/m1/s1. The van der Waals surface area contributed by atoms with Crippen LogP contribution in [0.1, 0.15) is 12.5 Å². The van der Waals surface area contributed by atoms with E-state index >= 15 is 0 Å². The van der Waals surface area contributed by atoms with Crippen LogP contribution in [0.25, 0.3) is 0 Å². The van der Waals surface area contributed by atoms with Crippen LogP contribution in [0.5, 0.6) is 0 Å². The van der Waals surface area contributed by atoms with Crippen LogP contribution in [0.3, 0.4) is 0 Å². The van der Waals surface area contributed by atoms with Gasteiger partial charge in [0.1, 0.15) is 6.04 Å². The Bertz CT molecular complexity index is 731. The van der Waals surface area contributed by atoms with E-state index in [-0.39, 0.29) is 5.69 Å². The number of anilines is 2. The Balaban J connectivity index is 1.88. The zero-order chi connectivity index (χ0) is 18.4. The molecule has 0 aliphatic rings. The molecule has 5 nitrogen and oxygen atoms in total. The summed E-state index contributed by atoms with van der Waals surface area (Å²) in [5.74, 6) is -0.553. The van der Waals surface area contributed by atoms with Crippen molar-refractivity contribution in [1.29, 1.82) is 0 Å². The first-order valence-electron chi connectivity index (χ1n) is 7.36. The summed E-state index contributed by atoms with van der Waals surface area (Å²) in [6, 6.07) is 11.3. The van der Waals surface area contributed by atoms with Crippen LogP contribution in [0.4, 0.5) is 29.3 Å². The first-order valence-corrected chi connectivity index (χ1v) is 7.36. The highest BCUT2D eigenvalue weighted by molar-refractivity contribution is 5.98. The molecule has 0 aliphatic heterocycles. The lowest BCUT2D eigenvalue weighted by Gasteiger charge is -2.15. The molecule has 0 fully saturated rings. The molecule has 0 aliphatic carbocycles. The summed E-state index contributed by atoms with van der Waals surface area (Å²) in [5.41, 5.74) is -0.0376. The number of nitrogens with one attached hydrogen (secondary N) is 3. The number of para-hydroxylation sites is 1. The van der Waals surface area contributed by atoms with E-state index < -0.39 is 29.7 Å². The van der Waals surface area contributed by atoms with Crippen LogP contribution in [0, 0.1) is 0 Å². The van der Waals surface area contributed by atoms with E-state index in [1.807, 2.05) is 0 Å². The van der Waals surface area contributed by atoms with E-state index in [2.05, 4.69) is 16.0 Å². The van der Waals surface area contributed by atoms with Crippen molar-refractivity contribution >= 4 is 23.3 Å². The molecule has 1 atom stereocenters. The molecule has 3 amide bonds. The molecule has 0 spiro atoms. The van der Waals surface area contributed by atoms with Gasteiger partial charge in [-0.2, -0.15) is 13.2 Å². The Kier molecular flexibility index (Phi) is 5.63. The minimum Gasteiger partial charge on any atom is -0.326 e. The van der Waals surface area contributed by atoms with Crippen molar-refractivity contribution in [3.63, 3.8) is 0 Å². The number of benzene rings is 2. The van der Waals surface area contributed by atoms with Gasteiger partial charge in [-0.3, -0.25) is 4.79 Å². The zero-order valence-corrected chi connectivity index (χ0v) is 13.2. The molecule has 2 rings (SSSR count).